The normalized spacial score (nSPS) is 13.2. The highest BCUT2D eigenvalue weighted by atomic mass is 16.7. The van der Waals surface area contributed by atoms with Crippen LogP contribution in [0.2, 0.25) is 0 Å². The lowest BCUT2D eigenvalue weighted by atomic mass is 10.1. The van der Waals surface area contributed by atoms with Gasteiger partial charge in [0.2, 0.25) is 6.29 Å². The molecule has 176 valence electrons. The summed E-state index contributed by atoms with van der Waals surface area (Å²) in [6.07, 6.45) is -3.61. The maximum atomic E-state index is 12.7. The SMILES string of the molecule is COC(CC(OC(=O)c1ccccc1)C(COC(=O)c1ccccc1)OC(C)=O)OC(C)=O. The van der Waals surface area contributed by atoms with Gasteiger partial charge < -0.3 is 23.7 Å². The van der Waals surface area contributed by atoms with E-state index in [2.05, 4.69) is 0 Å². The maximum absolute atomic E-state index is 12.7. The van der Waals surface area contributed by atoms with Gasteiger partial charge in [-0.15, -0.1) is 0 Å². The van der Waals surface area contributed by atoms with Gasteiger partial charge in [0.1, 0.15) is 12.7 Å². The molecule has 0 heterocycles. The van der Waals surface area contributed by atoms with E-state index in [0.717, 1.165) is 0 Å². The highest BCUT2D eigenvalue weighted by Gasteiger charge is 2.33. The topological polar surface area (TPSA) is 114 Å². The second-order valence-electron chi connectivity index (χ2n) is 6.93. The van der Waals surface area contributed by atoms with Crippen molar-refractivity contribution in [3.63, 3.8) is 0 Å². The van der Waals surface area contributed by atoms with E-state index >= 15 is 0 Å². The largest absolute Gasteiger partial charge is 0.458 e. The van der Waals surface area contributed by atoms with Gasteiger partial charge in [-0.05, 0) is 24.3 Å². The number of esters is 4. The lowest BCUT2D eigenvalue weighted by Gasteiger charge is -2.28. The molecule has 0 bridgehead atoms. The number of benzene rings is 2. The number of ether oxygens (including phenoxy) is 5. The number of methoxy groups -OCH3 is 1. The molecule has 9 nitrogen and oxygen atoms in total. The van der Waals surface area contributed by atoms with Gasteiger partial charge in [-0.25, -0.2) is 9.59 Å². The van der Waals surface area contributed by atoms with Gasteiger partial charge in [0.15, 0.2) is 6.10 Å². The van der Waals surface area contributed by atoms with Crippen molar-refractivity contribution in [1.29, 1.82) is 0 Å². The number of rotatable bonds is 11. The highest BCUT2D eigenvalue weighted by Crippen LogP contribution is 2.18. The molecule has 0 aliphatic rings. The van der Waals surface area contributed by atoms with Crippen molar-refractivity contribution in [2.45, 2.75) is 38.8 Å². The van der Waals surface area contributed by atoms with Crippen molar-refractivity contribution in [3.8, 4) is 0 Å². The Labute approximate surface area is 191 Å². The van der Waals surface area contributed by atoms with Crippen LogP contribution >= 0.6 is 0 Å². The van der Waals surface area contributed by atoms with Crippen LogP contribution in [0, 0.1) is 0 Å². The summed E-state index contributed by atoms with van der Waals surface area (Å²) in [7, 11) is 1.31. The van der Waals surface area contributed by atoms with E-state index in [0.29, 0.717) is 5.56 Å². The predicted octanol–water partition coefficient (Wildman–Crippen LogP) is 2.93. The molecule has 2 aromatic carbocycles. The molecule has 0 saturated heterocycles. The molecule has 2 rings (SSSR count). The monoisotopic (exact) mass is 458 g/mol. The summed E-state index contributed by atoms with van der Waals surface area (Å²) < 4.78 is 26.4. The molecule has 0 N–H and O–H groups in total. The lowest BCUT2D eigenvalue weighted by molar-refractivity contribution is -0.184. The van der Waals surface area contributed by atoms with Crippen molar-refractivity contribution in [2.75, 3.05) is 13.7 Å². The molecule has 0 aromatic heterocycles. The average molecular weight is 458 g/mol. The standard InChI is InChI=1S/C24H26O9/c1-16(25)31-21(15-30-23(27)18-10-6-4-7-11-18)20(14-22(29-3)32-17(2)26)33-24(28)19-12-8-5-9-13-19/h4-13,20-22H,14-15H2,1-3H3. The summed E-state index contributed by atoms with van der Waals surface area (Å²) in [5, 5.41) is 0. The third kappa shape index (κ3) is 8.74. The zero-order chi connectivity index (χ0) is 24.2. The lowest BCUT2D eigenvalue weighted by Crippen LogP contribution is -2.42. The Kier molecular flexibility index (Phi) is 10.0. The third-order valence-corrected chi connectivity index (χ3v) is 4.37. The fraction of sp³-hybridized carbons (Fsp3) is 0.333. The molecule has 2 aromatic rings. The van der Waals surface area contributed by atoms with Crippen LogP contribution in [0.5, 0.6) is 0 Å². The number of hydrogen-bond acceptors (Lipinski definition) is 9. The molecule has 0 radical (unpaired) electrons. The Morgan fingerprint density at radius 1 is 0.697 bits per heavy atom. The summed E-state index contributed by atoms with van der Waals surface area (Å²) in [5.74, 6) is -2.65. The van der Waals surface area contributed by atoms with Crippen LogP contribution < -0.4 is 0 Å². The fourth-order valence-corrected chi connectivity index (χ4v) is 2.87. The van der Waals surface area contributed by atoms with Gasteiger partial charge >= 0.3 is 23.9 Å². The zero-order valence-electron chi connectivity index (χ0n) is 18.6. The van der Waals surface area contributed by atoms with Gasteiger partial charge in [0.25, 0.3) is 0 Å². The van der Waals surface area contributed by atoms with E-state index in [-0.39, 0.29) is 12.0 Å². The predicted molar refractivity (Wildman–Crippen MR) is 115 cm³/mol. The fourth-order valence-electron chi connectivity index (χ4n) is 2.87. The van der Waals surface area contributed by atoms with Crippen molar-refractivity contribution in [1.82, 2.24) is 0 Å². The van der Waals surface area contributed by atoms with Crippen molar-refractivity contribution in [2.24, 2.45) is 0 Å². The Bertz CT molecular complexity index is 927. The third-order valence-electron chi connectivity index (χ3n) is 4.37. The molecule has 0 spiro atoms. The first-order valence-corrected chi connectivity index (χ1v) is 10.2. The molecule has 3 atom stereocenters. The molecule has 33 heavy (non-hydrogen) atoms. The second kappa shape index (κ2) is 13.0. The molecular weight excluding hydrogens is 432 g/mol. The summed E-state index contributed by atoms with van der Waals surface area (Å²) in [4.78, 5) is 48.2. The molecule has 3 unspecified atom stereocenters. The van der Waals surface area contributed by atoms with E-state index in [1.165, 1.54) is 21.0 Å². The first kappa shape index (κ1) is 25.5. The van der Waals surface area contributed by atoms with E-state index in [1.54, 1.807) is 60.7 Å². The minimum Gasteiger partial charge on any atom is -0.458 e. The van der Waals surface area contributed by atoms with Gasteiger partial charge in [-0.1, -0.05) is 36.4 Å². The van der Waals surface area contributed by atoms with Crippen LogP contribution in [0.4, 0.5) is 0 Å². The van der Waals surface area contributed by atoms with E-state index < -0.39 is 49.0 Å². The molecule has 9 heteroatoms. The van der Waals surface area contributed by atoms with Crippen LogP contribution in [-0.2, 0) is 33.3 Å². The Balaban J connectivity index is 2.24. The van der Waals surface area contributed by atoms with Crippen LogP contribution in [0.3, 0.4) is 0 Å². The van der Waals surface area contributed by atoms with Gasteiger partial charge in [-0.2, -0.15) is 0 Å². The maximum Gasteiger partial charge on any atom is 0.338 e. The number of carbonyl (C=O) groups excluding carboxylic acids is 4. The van der Waals surface area contributed by atoms with Crippen LogP contribution in [0.25, 0.3) is 0 Å². The number of carbonyl (C=O) groups is 4. The highest BCUT2D eigenvalue weighted by molar-refractivity contribution is 5.90. The molecule has 0 aliphatic heterocycles. The molecule has 0 amide bonds. The average Bonchev–Trinajstić information content (AvgIpc) is 2.81. The van der Waals surface area contributed by atoms with Crippen molar-refractivity contribution < 1.29 is 42.9 Å². The first-order chi connectivity index (χ1) is 15.8. The Hall–Kier alpha value is -3.72. The molecule has 0 aliphatic carbocycles. The van der Waals surface area contributed by atoms with E-state index in [1.807, 2.05) is 0 Å². The molecule has 0 saturated carbocycles. The smallest absolute Gasteiger partial charge is 0.338 e. The Morgan fingerprint density at radius 2 is 1.21 bits per heavy atom. The zero-order valence-corrected chi connectivity index (χ0v) is 18.6. The van der Waals surface area contributed by atoms with Gasteiger partial charge in [-0.3, -0.25) is 9.59 Å². The summed E-state index contributed by atoms with van der Waals surface area (Å²) >= 11 is 0. The molecular formula is C24H26O9. The summed E-state index contributed by atoms with van der Waals surface area (Å²) in [5.41, 5.74) is 0.554. The van der Waals surface area contributed by atoms with E-state index in [4.69, 9.17) is 23.7 Å². The first-order valence-electron chi connectivity index (χ1n) is 10.2. The van der Waals surface area contributed by atoms with Crippen LogP contribution in [-0.4, -0.2) is 56.1 Å². The minimum absolute atomic E-state index is 0.171. The summed E-state index contributed by atoms with van der Waals surface area (Å²) in [6, 6.07) is 16.4. The summed E-state index contributed by atoms with van der Waals surface area (Å²) in [6.45, 7) is 1.96. The van der Waals surface area contributed by atoms with Crippen molar-refractivity contribution >= 4 is 23.9 Å². The van der Waals surface area contributed by atoms with Gasteiger partial charge in [0.05, 0.1) is 17.5 Å². The van der Waals surface area contributed by atoms with E-state index in [9.17, 15) is 19.2 Å². The quantitative estimate of drug-likeness (QED) is 0.285. The Morgan fingerprint density at radius 3 is 1.70 bits per heavy atom. The molecule has 0 fully saturated rings. The second-order valence-corrected chi connectivity index (χ2v) is 6.93. The van der Waals surface area contributed by atoms with Crippen LogP contribution in [0.1, 0.15) is 41.0 Å². The number of hydrogen-bond donors (Lipinski definition) is 0. The minimum atomic E-state index is -1.18. The van der Waals surface area contributed by atoms with Crippen LogP contribution in [0.15, 0.2) is 60.7 Å². The van der Waals surface area contributed by atoms with Gasteiger partial charge in [0, 0.05) is 21.0 Å². The van der Waals surface area contributed by atoms with Crippen molar-refractivity contribution in [3.05, 3.63) is 71.8 Å².